The minimum atomic E-state index is -0.660. The van der Waals surface area contributed by atoms with E-state index >= 15 is 8.78 Å². The number of hydrogen-bond acceptors (Lipinski definition) is 9. The average Bonchev–Trinajstić information content (AvgIpc) is 3.45. The largest absolute Gasteiger partial charge is 0.475 e. The van der Waals surface area contributed by atoms with E-state index in [-0.39, 0.29) is 47.1 Å². The number of hydrogen-bond donors (Lipinski definition) is 1. The molecule has 0 spiro atoms. The Hall–Kier alpha value is -4.42. The van der Waals surface area contributed by atoms with Gasteiger partial charge in [-0.25, -0.2) is 13.8 Å². The monoisotopic (exact) mass is 681 g/mol. The molecule has 12 heteroatoms. The van der Waals surface area contributed by atoms with Crippen molar-refractivity contribution in [2.75, 3.05) is 44.4 Å². The smallest absolute Gasteiger partial charge is 0.324 e. The molecule has 0 radical (unpaired) electrons. The maximum absolute atomic E-state index is 17.6. The molecule has 2 atom stereocenters. The third kappa shape index (κ3) is 4.78. The molecule has 5 aromatic rings. The van der Waals surface area contributed by atoms with Crippen LogP contribution >= 0.6 is 0 Å². The maximum Gasteiger partial charge on any atom is 0.324 e. The van der Waals surface area contributed by atoms with Crippen LogP contribution in [0.15, 0.2) is 30.5 Å². The molecule has 0 saturated carbocycles. The topological polar surface area (TPSA) is 102 Å². The van der Waals surface area contributed by atoms with E-state index in [1.165, 1.54) is 12.5 Å². The van der Waals surface area contributed by atoms with Crippen molar-refractivity contribution in [2.24, 2.45) is 0 Å². The number of pyridine rings is 1. The molecule has 3 saturated heterocycles. The normalized spacial score (nSPS) is 22.6. The van der Waals surface area contributed by atoms with Crippen LogP contribution in [0.5, 0.6) is 11.9 Å². The third-order valence-corrected chi connectivity index (χ3v) is 11.4. The van der Waals surface area contributed by atoms with E-state index in [9.17, 15) is 0 Å². The van der Waals surface area contributed by atoms with Gasteiger partial charge in [0.05, 0.1) is 23.7 Å². The van der Waals surface area contributed by atoms with E-state index in [0.29, 0.717) is 76.3 Å². The standard InChI is InChI=1S/C38H41F2N7O3/c1-4-25-26(39)11-10-23-18-27-28(21(2)44-45-27)30(29(23)25)33-32(40)34-31-35(47-16-9-17-48-19-24(47)20-49-36(31)41-33)43-37(42-34)50-22(3)38-12-6-5-7-14-46(38)15-8-13-38/h10-11,18,24H,3-9,12-17,19-20H2,1-2H3,(H,44,45)/t24-,38+/m0/s1. The highest BCUT2D eigenvalue weighted by Crippen LogP contribution is 2.46. The number of aromatic nitrogens is 5. The van der Waals surface area contributed by atoms with Gasteiger partial charge in [-0.05, 0) is 87.0 Å². The van der Waals surface area contributed by atoms with Crippen LogP contribution < -0.4 is 14.4 Å². The van der Waals surface area contributed by atoms with Crippen molar-refractivity contribution >= 4 is 38.4 Å². The fourth-order valence-electron chi connectivity index (χ4n) is 8.93. The number of anilines is 1. The lowest BCUT2D eigenvalue weighted by atomic mass is 9.89. The summed E-state index contributed by atoms with van der Waals surface area (Å²) in [7, 11) is 0. The van der Waals surface area contributed by atoms with Crippen molar-refractivity contribution in [3.05, 3.63) is 53.4 Å². The first-order valence-corrected chi connectivity index (χ1v) is 18.0. The van der Waals surface area contributed by atoms with E-state index in [1.807, 2.05) is 19.9 Å². The van der Waals surface area contributed by atoms with E-state index in [0.717, 1.165) is 57.0 Å². The van der Waals surface area contributed by atoms with E-state index in [2.05, 4.69) is 26.6 Å². The summed E-state index contributed by atoms with van der Waals surface area (Å²) in [4.78, 5) is 19.3. The Kier molecular flexibility index (Phi) is 7.65. The second-order valence-electron chi connectivity index (χ2n) is 14.1. The average molecular weight is 682 g/mol. The zero-order valence-corrected chi connectivity index (χ0v) is 28.6. The fraction of sp³-hybridized carbons (Fsp3) is 0.474. The maximum atomic E-state index is 17.6. The summed E-state index contributed by atoms with van der Waals surface area (Å²) in [5.74, 6) is 0.305. The lowest BCUT2D eigenvalue weighted by Crippen LogP contribution is -2.46. The first-order valence-electron chi connectivity index (χ1n) is 18.0. The SMILES string of the molecule is C=C(Oc1nc2c3c(nc(-c4c5c(CC)c(F)ccc5cc5n[nH]c(C)c45)c(F)c3n1)OC[C@@H]1COCCCN21)[C@]12CCCCCN1CCC2. The number of benzene rings is 2. The highest BCUT2D eigenvalue weighted by atomic mass is 19.1. The summed E-state index contributed by atoms with van der Waals surface area (Å²) in [6, 6.07) is 4.92. The molecule has 3 aromatic heterocycles. The molecule has 1 N–H and O–H groups in total. The number of nitrogens with one attached hydrogen (secondary N) is 1. The summed E-state index contributed by atoms with van der Waals surface area (Å²) < 4.78 is 52.0. The van der Waals surface area contributed by atoms with Gasteiger partial charge >= 0.3 is 6.01 Å². The highest BCUT2D eigenvalue weighted by molar-refractivity contribution is 6.14. The molecule has 0 amide bonds. The van der Waals surface area contributed by atoms with Crippen molar-refractivity contribution < 1.29 is 23.0 Å². The Labute approximate surface area is 288 Å². The van der Waals surface area contributed by atoms with Crippen LogP contribution in [0.4, 0.5) is 14.6 Å². The van der Waals surface area contributed by atoms with Gasteiger partial charge in [0.25, 0.3) is 0 Å². The Morgan fingerprint density at radius 2 is 1.88 bits per heavy atom. The molecular formula is C38H41F2N7O3. The predicted octanol–water partition coefficient (Wildman–Crippen LogP) is 7.16. The number of halogens is 2. The van der Waals surface area contributed by atoms with E-state index < -0.39 is 5.82 Å². The molecule has 3 fully saturated rings. The zero-order valence-electron chi connectivity index (χ0n) is 28.6. The second-order valence-corrected chi connectivity index (χ2v) is 14.1. The number of aryl methyl sites for hydroxylation is 2. The minimum absolute atomic E-state index is 0.0139. The number of ether oxygens (including phenoxy) is 3. The molecule has 0 unspecified atom stereocenters. The van der Waals surface area contributed by atoms with Crippen molar-refractivity contribution in [1.82, 2.24) is 30.0 Å². The molecule has 4 aliphatic heterocycles. The summed E-state index contributed by atoms with van der Waals surface area (Å²) in [5, 5.41) is 9.93. The summed E-state index contributed by atoms with van der Waals surface area (Å²) in [6.07, 6.45) is 7.56. The van der Waals surface area contributed by atoms with Crippen LogP contribution in [-0.4, -0.2) is 81.1 Å². The van der Waals surface area contributed by atoms with Crippen molar-refractivity contribution in [3.63, 3.8) is 0 Å². The van der Waals surface area contributed by atoms with Gasteiger partial charge < -0.3 is 19.1 Å². The zero-order chi connectivity index (χ0) is 34.1. The number of rotatable bonds is 5. The van der Waals surface area contributed by atoms with Gasteiger partial charge in [0.2, 0.25) is 5.88 Å². The first-order chi connectivity index (χ1) is 24.4. The second kappa shape index (κ2) is 12.1. The Morgan fingerprint density at radius 3 is 2.76 bits per heavy atom. The van der Waals surface area contributed by atoms with Crippen LogP contribution in [0.25, 0.3) is 43.8 Å². The van der Waals surface area contributed by atoms with Gasteiger partial charge in [-0.3, -0.25) is 10.00 Å². The molecule has 9 rings (SSSR count). The fourth-order valence-corrected chi connectivity index (χ4v) is 8.93. The Morgan fingerprint density at radius 1 is 1.02 bits per heavy atom. The van der Waals surface area contributed by atoms with Crippen LogP contribution in [0.1, 0.15) is 63.1 Å². The Balaban J connectivity index is 1.30. The molecule has 4 aliphatic rings. The molecular weight excluding hydrogens is 640 g/mol. The summed E-state index contributed by atoms with van der Waals surface area (Å²) in [6.45, 7) is 12.2. The van der Waals surface area contributed by atoms with Crippen molar-refractivity contribution in [2.45, 2.75) is 76.8 Å². The summed E-state index contributed by atoms with van der Waals surface area (Å²) in [5.41, 5.74) is 2.02. The van der Waals surface area contributed by atoms with Crippen LogP contribution in [0, 0.1) is 18.6 Å². The number of aromatic amines is 1. The van der Waals surface area contributed by atoms with Gasteiger partial charge in [-0.1, -0.05) is 32.4 Å². The quantitative estimate of drug-likeness (QED) is 0.194. The van der Waals surface area contributed by atoms with Gasteiger partial charge in [0.15, 0.2) is 5.82 Å². The number of nitrogens with zero attached hydrogens (tertiary/aromatic N) is 6. The van der Waals surface area contributed by atoms with Gasteiger partial charge in [0, 0.05) is 29.8 Å². The molecule has 7 heterocycles. The van der Waals surface area contributed by atoms with E-state index in [4.69, 9.17) is 29.2 Å². The van der Waals surface area contributed by atoms with Crippen molar-refractivity contribution in [3.8, 4) is 23.1 Å². The van der Waals surface area contributed by atoms with Crippen molar-refractivity contribution in [1.29, 1.82) is 0 Å². The van der Waals surface area contributed by atoms with Gasteiger partial charge in [0.1, 0.15) is 40.6 Å². The molecule has 2 aromatic carbocycles. The molecule has 260 valence electrons. The summed E-state index contributed by atoms with van der Waals surface area (Å²) >= 11 is 0. The molecule has 0 aliphatic carbocycles. The molecule has 0 bridgehead atoms. The lowest BCUT2D eigenvalue weighted by molar-refractivity contribution is 0.118. The third-order valence-electron chi connectivity index (χ3n) is 11.4. The van der Waals surface area contributed by atoms with Crippen LogP contribution in [-0.2, 0) is 11.2 Å². The molecule has 10 nitrogen and oxygen atoms in total. The van der Waals surface area contributed by atoms with Gasteiger partial charge in [-0.2, -0.15) is 15.1 Å². The molecule has 50 heavy (non-hydrogen) atoms. The predicted molar refractivity (Wildman–Crippen MR) is 188 cm³/mol. The first kappa shape index (κ1) is 31.6. The minimum Gasteiger partial charge on any atom is -0.475 e. The van der Waals surface area contributed by atoms with Gasteiger partial charge in [-0.15, -0.1) is 0 Å². The lowest BCUT2D eigenvalue weighted by Gasteiger charge is -2.38. The van der Waals surface area contributed by atoms with Crippen LogP contribution in [0.3, 0.4) is 0 Å². The number of H-pyrrole nitrogens is 1. The van der Waals surface area contributed by atoms with Crippen LogP contribution in [0.2, 0.25) is 0 Å². The Bertz CT molecular complexity index is 2190. The highest BCUT2D eigenvalue weighted by Gasteiger charge is 2.45. The van der Waals surface area contributed by atoms with E-state index in [1.54, 1.807) is 6.07 Å². The number of fused-ring (bicyclic) bond motifs is 5.